The highest BCUT2D eigenvalue weighted by Crippen LogP contribution is 2.25. The van der Waals surface area contributed by atoms with Gasteiger partial charge in [-0.2, -0.15) is 0 Å². The highest BCUT2D eigenvalue weighted by Gasteiger charge is 2.20. The van der Waals surface area contributed by atoms with Crippen molar-refractivity contribution in [3.63, 3.8) is 0 Å². The Balaban J connectivity index is 1.60. The van der Waals surface area contributed by atoms with Crippen LogP contribution in [0.5, 0.6) is 11.5 Å². The van der Waals surface area contributed by atoms with Crippen molar-refractivity contribution in [2.24, 2.45) is 0 Å². The van der Waals surface area contributed by atoms with E-state index in [2.05, 4.69) is 36.1 Å². The van der Waals surface area contributed by atoms with Gasteiger partial charge in [-0.25, -0.2) is 0 Å². The summed E-state index contributed by atoms with van der Waals surface area (Å²) in [7, 11) is 3.22. The molecule has 0 aromatic heterocycles. The van der Waals surface area contributed by atoms with E-state index in [0.29, 0.717) is 5.75 Å². The van der Waals surface area contributed by atoms with Gasteiger partial charge in [0.15, 0.2) is 0 Å². The van der Waals surface area contributed by atoms with Gasteiger partial charge in [0.05, 0.1) is 14.2 Å². The van der Waals surface area contributed by atoms with Crippen LogP contribution >= 0.6 is 0 Å². The molecule has 2 aromatic carbocycles. The Hall–Kier alpha value is -2.95. The molecule has 0 spiro atoms. The molecule has 1 aliphatic rings. The lowest BCUT2D eigenvalue weighted by atomic mass is 10.1. The molecule has 0 radical (unpaired) electrons. The third kappa shape index (κ3) is 4.61. The minimum Gasteiger partial charge on any atom is -0.497 e. The molecule has 1 amide bonds. The summed E-state index contributed by atoms with van der Waals surface area (Å²) >= 11 is 0. The average Bonchev–Trinajstić information content (AvgIpc) is 2.72. The van der Waals surface area contributed by atoms with E-state index in [1.807, 2.05) is 23.1 Å². The monoisotopic (exact) mass is 366 g/mol. The van der Waals surface area contributed by atoms with Gasteiger partial charge in [0.25, 0.3) is 0 Å². The Labute approximate surface area is 160 Å². The van der Waals surface area contributed by atoms with Crippen LogP contribution in [0.2, 0.25) is 0 Å². The number of anilines is 1. The fourth-order valence-corrected chi connectivity index (χ4v) is 3.23. The van der Waals surface area contributed by atoms with Crippen molar-refractivity contribution < 1.29 is 14.3 Å². The highest BCUT2D eigenvalue weighted by atomic mass is 16.5. The second kappa shape index (κ2) is 8.62. The smallest absolute Gasteiger partial charge is 0.246 e. The number of hydrogen-bond donors (Lipinski definition) is 0. The molecule has 1 saturated heterocycles. The Morgan fingerprint density at radius 2 is 1.78 bits per heavy atom. The molecule has 0 aliphatic carbocycles. The van der Waals surface area contributed by atoms with Gasteiger partial charge >= 0.3 is 0 Å². The van der Waals surface area contributed by atoms with Crippen LogP contribution < -0.4 is 14.4 Å². The summed E-state index contributed by atoms with van der Waals surface area (Å²) in [5.41, 5.74) is 3.33. The van der Waals surface area contributed by atoms with Gasteiger partial charge in [0, 0.05) is 49.6 Å². The Bertz CT molecular complexity index is 824. The number of carbonyl (C=O) groups excluding carboxylic acids is 1. The first-order valence-electron chi connectivity index (χ1n) is 9.11. The second-order valence-electron chi connectivity index (χ2n) is 6.59. The number of carbonyl (C=O) groups is 1. The lowest BCUT2D eigenvalue weighted by molar-refractivity contribution is -0.126. The van der Waals surface area contributed by atoms with Crippen LogP contribution in [-0.4, -0.2) is 51.2 Å². The standard InChI is InChI=1S/C22H26N2O3/c1-17-5-4-6-19(15-17)23-11-13-24(14-12-23)22(25)10-8-18-7-9-20(26-2)16-21(18)27-3/h4-10,15-16H,11-14H2,1-3H3. The molecule has 1 heterocycles. The summed E-state index contributed by atoms with van der Waals surface area (Å²) in [6.07, 6.45) is 3.42. The molecule has 3 rings (SSSR count). The molecule has 2 aromatic rings. The normalized spacial score (nSPS) is 14.5. The fraction of sp³-hybridized carbons (Fsp3) is 0.318. The highest BCUT2D eigenvalue weighted by molar-refractivity contribution is 5.92. The third-order valence-corrected chi connectivity index (χ3v) is 4.80. The van der Waals surface area contributed by atoms with E-state index in [0.717, 1.165) is 37.5 Å². The summed E-state index contributed by atoms with van der Waals surface area (Å²) in [6, 6.07) is 14.0. The van der Waals surface area contributed by atoms with Crippen molar-refractivity contribution in [1.82, 2.24) is 4.90 Å². The number of hydrogen-bond acceptors (Lipinski definition) is 4. The van der Waals surface area contributed by atoms with Crippen molar-refractivity contribution in [1.29, 1.82) is 0 Å². The summed E-state index contributed by atoms with van der Waals surface area (Å²) in [5, 5.41) is 0. The molecule has 0 N–H and O–H groups in total. The van der Waals surface area contributed by atoms with E-state index in [9.17, 15) is 4.79 Å². The van der Waals surface area contributed by atoms with Crippen LogP contribution in [-0.2, 0) is 4.79 Å². The fourth-order valence-electron chi connectivity index (χ4n) is 3.23. The SMILES string of the molecule is COc1ccc(C=CC(=O)N2CCN(c3cccc(C)c3)CC2)c(OC)c1. The van der Waals surface area contributed by atoms with Crippen molar-refractivity contribution in [3.8, 4) is 11.5 Å². The molecule has 0 atom stereocenters. The zero-order valence-electron chi connectivity index (χ0n) is 16.1. The predicted octanol–water partition coefficient (Wildman–Crippen LogP) is 3.37. The van der Waals surface area contributed by atoms with Crippen LogP contribution in [0.4, 0.5) is 5.69 Å². The lowest BCUT2D eigenvalue weighted by Gasteiger charge is -2.35. The number of nitrogens with zero attached hydrogens (tertiary/aromatic N) is 2. The minimum atomic E-state index is 0.0248. The van der Waals surface area contributed by atoms with E-state index in [1.54, 1.807) is 26.4 Å². The van der Waals surface area contributed by atoms with Crippen molar-refractivity contribution in [2.45, 2.75) is 6.92 Å². The molecular weight excluding hydrogens is 340 g/mol. The molecule has 142 valence electrons. The lowest BCUT2D eigenvalue weighted by Crippen LogP contribution is -2.48. The maximum atomic E-state index is 12.5. The van der Waals surface area contributed by atoms with Gasteiger partial charge < -0.3 is 19.3 Å². The van der Waals surface area contributed by atoms with Crippen molar-refractivity contribution >= 4 is 17.7 Å². The molecule has 1 fully saturated rings. The van der Waals surface area contributed by atoms with Gasteiger partial charge in [-0.15, -0.1) is 0 Å². The number of methoxy groups -OCH3 is 2. The van der Waals surface area contributed by atoms with Crippen molar-refractivity contribution in [2.75, 3.05) is 45.3 Å². The van der Waals surface area contributed by atoms with Crippen LogP contribution in [0.3, 0.4) is 0 Å². The molecule has 0 saturated carbocycles. The van der Waals surface area contributed by atoms with Crippen LogP contribution in [0.15, 0.2) is 48.5 Å². The Morgan fingerprint density at radius 1 is 1.00 bits per heavy atom. The first kappa shape index (κ1) is 18.8. The summed E-state index contributed by atoms with van der Waals surface area (Å²) < 4.78 is 10.6. The first-order valence-corrected chi connectivity index (χ1v) is 9.11. The Kier molecular flexibility index (Phi) is 6.01. The molecule has 1 aliphatic heterocycles. The van der Waals surface area contributed by atoms with E-state index in [-0.39, 0.29) is 5.91 Å². The quantitative estimate of drug-likeness (QED) is 0.761. The van der Waals surface area contributed by atoms with Gasteiger partial charge in [-0.05, 0) is 42.8 Å². The largest absolute Gasteiger partial charge is 0.497 e. The molecule has 5 heteroatoms. The number of amides is 1. The molecule has 0 unspecified atom stereocenters. The van der Waals surface area contributed by atoms with E-state index in [1.165, 1.54) is 11.3 Å². The average molecular weight is 366 g/mol. The maximum Gasteiger partial charge on any atom is 0.246 e. The number of piperazine rings is 1. The first-order chi connectivity index (χ1) is 13.1. The van der Waals surface area contributed by atoms with Gasteiger partial charge in [0.1, 0.15) is 11.5 Å². The molecular formula is C22H26N2O3. The zero-order chi connectivity index (χ0) is 19.2. The van der Waals surface area contributed by atoms with Crippen LogP contribution in [0, 0.1) is 6.92 Å². The number of rotatable bonds is 5. The number of benzene rings is 2. The van der Waals surface area contributed by atoms with E-state index >= 15 is 0 Å². The molecule has 27 heavy (non-hydrogen) atoms. The summed E-state index contributed by atoms with van der Waals surface area (Å²) in [5.74, 6) is 1.43. The molecule has 5 nitrogen and oxygen atoms in total. The van der Waals surface area contributed by atoms with E-state index < -0.39 is 0 Å². The Morgan fingerprint density at radius 3 is 2.44 bits per heavy atom. The summed E-state index contributed by atoms with van der Waals surface area (Å²) in [4.78, 5) is 16.8. The third-order valence-electron chi connectivity index (χ3n) is 4.80. The maximum absolute atomic E-state index is 12.5. The number of aryl methyl sites for hydroxylation is 1. The molecule has 0 bridgehead atoms. The topological polar surface area (TPSA) is 42.0 Å². The van der Waals surface area contributed by atoms with Crippen LogP contribution in [0.25, 0.3) is 6.08 Å². The predicted molar refractivity (Wildman–Crippen MR) is 109 cm³/mol. The zero-order valence-corrected chi connectivity index (χ0v) is 16.1. The second-order valence-corrected chi connectivity index (χ2v) is 6.59. The van der Waals surface area contributed by atoms with Gasteiger partial charge in [0.2, 0.25) is 5.91 Å². The minimum absolute atomic E-state index is 0.0248. The number of ether oxygens (including phenoxy) is 2. The van der Waals surface area contributed by atoms with Crippen molar-refractivity contribution in [3.05, 3.63) is 59.7 Å². The van der Waals surface area contributed by atoms with Gasteiger partial charge in [-0.3, -0.25) is 4.79 Å². The van der Waals surface area contributed by atoms with Gasteiger partial charge in [-0.1, -0.05) is 12.1 Å². The van der Waals surface area contributed by atoms with E-state index in [4.69, 9.17) is 9.47 Å². The summed E-state index contributed by atoms with van der Waals surface area (Å²) in [6.45, 7) is 5.22. The van der Waals surface area contributed by atoms with Crippen LogP contribution in [0.1, 0.15) is 11.1 Å².